The number of rotatable bonds is 1. The van der Waals surface area contributed by atoms with E-state index in [1.165, 1.54) is 48.8 Å². The van der Waals surface area contributed by atoms with Crippen LogP contribution in [0.5, 0.6) is 0 Å². The van der Waals surface area contributed by atoms with Crippen molar-refractivity contribution in [1.82, 2.24) is 4.98 Å². The summed E-state index contributed by atoms with van der Waals surface area (Å²) in [6.45, 7) is 4.63. The molecule has 1 aliphatic carbocycles. The zero-order chi connectivity index (χ0) is 9.60. The molecule has 3 rings (SSSR count). The molecule has 3 heteroatoms. The van der Waals surface area contributed by atoms with Gasteiger partial charge in [-0.15, -0.1) is 11.3 Å². The van der Waals surface area contributed by atoms with Crippen LogP contribution in [0.2, 0.25) is 0 Å². The standard InChI is InChI=1S/C11H16N2S/c1-9-7-12-10(14-9)13-6-5-11(8-13)3-2-4-11/h7H,2-6,8H2,1H3. The molecule has 0 bridgehead atoms. The van der Waals surface area contributed by atoms with Crippen LogP contribution in [0.15, 0.2) is 6.20 Å². The molecule has 0 atom stereocenters. The van der Waals surface area contributed by atoms with E-state index in [1.807, 2.05) is 17.5 Å². The number of aryl methyl sites for hydroxylation is 1. The second kappa shape index (κ2) is 2.96. The van der Waals surface area contributed by atoms with Crippen LogP contribution in [0.3, 0.4) is 0 Å². The average molecular weight is 208 g/mol. The first kappa shape index (κ1) is 8.72. The van der Waals surface area contributed by atoms with Gasteiger partial charge < -0.3 is 4.90 Å². The van der Waals surface area contributed by atoms with Gasteiger partial charge in [0.05, 0.1) is 0 Å². The molecule has 2 heterocycles. The molecule has 2 fully saturated rings. The summed E-state index contributed by atoms with van der Waals surface area (Å²) in [5, 5.41) is 1.24. The maximum absolute atomic E-state index is 4.47. The van der Waals surface area contributed by atoms with Crippen LogP contribution in [-0.4, -0.2) is 18.1 Å². The van der Waals surface area contributed by atoms with E-state index in [2.05, 4.69) is 16.8 Å². The highest BCUT2D eigenvalue weighted by molar-refractivity contribution is 7.15. The lowest BCUT2D eigenvalue weighted by molar-refractivity contribution is 0.165. The summed E-state index contributed by atoms with van der Waals surface area (Å²) in [6, 6.07) is 0. The first-order valence-corrected chi connectivity index (χ1v) is 6.27. The van der Waals surface area contributed by atoms with E-state index in [1.54, 1.807) is 0 Å². The maximum Gasteiger partial charge on any atom is 0.185 e. The smallest absolute Gasteiger partial charge is 0.185 e. The van der Waals surface area contributed by atoms with Gasteiger partial charge in [-0.25, -0.2) is 4.98 Å². The molecule has 0 amide bonds. The van der Waals surface area contributed by atoms with Crippen LogP contribution in [0, 0.1) is 12.3 Å². The number of aromatic nitrogens is 1. The Labute approximate surface area is 89.0 Å². The molecule has 2 nitrogen and oxygen atoms in total. The van der Waals surface area contributed by atoms with E-state index in [9.17, 15) is 0 Å². The second-order valence-electron chi connectivity index (χ2n) is 4.78. The fraction of sp³-hybridized carbons (Fsp3) is 0.727. The normalized spacial score (nSPS) is 24.2. The van der Waals surface area contributed by atoms with Crippen molar-refractivity contribution in [2.24, 2.45) is 5.41 Å². The van der Waals surface area contributed by atoms with Gasteiger partial charge in [-0.1, -0.05) is 6.42 Å². The van der Waals surface area contributed by atoms with Crippen molar-refractivity contribution >= 4 is 16.5 Å². The van der Waals surface area contributed by atoms with E-state index in [-0.39, 0.29) is 0 Å². The molecule has 1 spiro atoms. The maximum atomic E-state index is 4.47. The highest BCUT2D eigenvalue weighted by Crippen LogP contribution is 2.49. The molecule has 76 valence electrons. The van der Waals surface area contributed by atoms with Crippen molar-refractivity contribution in [2.45, 2.75) is 32.6 Å². The molecule has 1 saturated heterocycles. The van der Waals surface area contributed by atoms with Gasteiger partial charge >= 0.3 is 0 Å². The molecular formula is C11H16N2S. The number of hydrogen-bond donors (Lipinski definition) is 0. The minimum Gasteiger partial charge on any atom is -0.348 e. The summed E-state index contributed by atoms with van der Waals surface area (Å²) in [7, 11) is 0. The molecule has 0 N–H and O–H groups in total. The SMILES string of the molecule is Cc1cnc(N2CCC3(CCC3)C2)s1. The molecule has 2 aliphatic rings. The van der Waals surface area contributed by atoms with E-state index < -0.39 is 0 Å². The minimum atomic E-state index is 0.694. The fourth-order valence-electron chi connectivity index (χ4n) is 2.67. The first-order valence-electron chi connectivity index (χ1n) is 5.45. The monoisotopic (exact) mass is 208 g/mol. The summed E-state index contributed by atoms with van der Waals surface area (Å²) in [6.07, 6.45) is 7.74. The van der Waals surface area contributed by atoms with E-state index in [0.29, 0.717) is 5.41 Å². The molecule has 14 heavy (non-hydrogen) atoms. The Morgan fingerprint density at radius 1 is 1.43 bits per heavy atom. The van der Waals surface area contributed by atoms with Gasteiger partial charge in [0.1, 0.15) is 0 Å². The predicted octanol–water partition coefficient (Wildman–Crippen LogP) is 2.83. The lowest BCUT2D eigenvalue weighted by Gasteiger charge is -2.37. The number of hydrogen-bond acceptors (Lipinski definition) is 3. The summed E-state index contributed by atoms with van der Waals surface area (Å²) in [5.41, 5.74) is 0.694. The van der Waals surface area contributed by atoms with Crippen LogP contribution < -0.4 is 4.90 Å². The quantitative estimate of drug-likeness (QED) is 0.705. The third-order valence-corrected chi connectivity index (χ3v) is 4.71. The van der Waals surface area contributed by atoms with Gasteiger partial charge in [0, 0.05) is 24.2 Å². The topological polar surface area (TPSA) is 16.1 Å². The molecule has 0 radical (unpaired) electrons. The lowest BCUT2D eigenvalue weighted by atomic mass is 9.68. The van der Waals surface area contributed by atoms with Crippen LogP contribution >= 0.6 is 11.3 Å². The number of anilines is 1. The van der Waals surface area contributed by atoms with Gasteiger partial charge in [0.25, 0.3) is 0 Å². The van der Waals surface area contributed by atoms with Crippen molar-refractivity contribution < 1.29 is 0 Å². The van der Waals surface area contributed by atoms with Crippen LogP contribution in [-0.2, 0) is 0 Å². The highest BCUT2D eigenvalue weighted by Gasteiger charge is 2.43. The third-order valence-electron chi connectivity index (χ3n) is 3.73. The van der Waals surface area contributed by atoms with E-state index >= 15 is 0 Å². The second-order valence-corrected chi connectivity index (χ2v) is 5.99. The zero-order valence-corrected chi connectivity index (χ0v) is 9.44. The molecule has 1 aromatic rings. The fourth-order valence-corrected chi connectivity index (χ4v) is 3.46. The summed E-state index contributed by atoms with van der Waals surface area (Å²) >= 11 is 1.84. The summed E-state index contributed by atoms with van der Waals surface area (Å²) in [4.78, 5) is 8.28. The molecule has 1 aromatic heterocycles. The van der Waals surface area contributed by atoms with Gasteiger partial charge in [-0.05, 0) is 31.6 Å². The number of nitrogens with zero attached hydrogens (tertiary/aromatic N) is 2. The van der Waals surface area contributed by atoms with Crippen molar-refractivity contribution in [1.29, 1.82) is 0 Å². The van der Waals surface area contributed by atoms with Crippen LogP contribution in [0.4, 0.5) is 5.13 Å². The summed E-state index contributed by atoms with van der Waals surface area (Å²) in [5.74, 6) is 0. The van der Waals surface area contributed by atoms with E-state index in [0.717, 1.165) is 0 Å². The van der Waals surface area contributed by atoms with Crippen molar-refractivity contribution in [3.63, 3.8) is 0 Å². The van der Waals surface area contributed by atoms with Crippen molar-refractivity contribution in [2.75, 3.05) is 18.0 Å². The number of thiazole rings is 1. The van der Waals surface area contributed by atoms with Gasteiger partial charge in [0.15, 0.2) is 5.13 Å². The molecule has 1 aliphatic heterocycles. The molecule has 0 aromatic carbocycles. The Morgan fingerprint density at radius 2 is 2.29 bits per heavy atom. The zero-order valence-electron chi connectivity index (χ0n) is 8.62. The van der Waals surface area contributed by atoms with Crippen molar-refractivity contribution in [3.05, 3.63) is 11.1 Å². The van der Waals surface area contributed by atoms with Gasteiger partial charge in [0.2, 0.25) is 0 Å². The molecule has 0 unspecified atom stereocenters. The molecule has 1 saturated carbocycles. The van der Waals surface area contributed by atoms with Gasteiger partial charge in [-0.3, -0.25) is 0 Å². The van der Waals surface area contributed by atoms with Crippen LogP contribution in [0.25, 0.3) is 0 Å². The van der Waals surface area contributed by atoms with Gasteiger partial charge in [-0.2, -0.15) is 0 Å². The summed E-state index contributed by atoms with van der Waals surface area (Å²) < 4.78 is 0. The van der Waals surface area contributed by atoms with Crippen LogP contribution in [0.1, 0.15) is 30.6 Å². The Morgan fingerprint density at radius 3 is 2.79 bits per heavy atom. The lowest BCUT2D eigenvalue weighted by Crippen LogP contribution is -2.33. The third kappa shape index (κ3) is 1.26. The largest absolute Gasteiger partial charge is 0.348 e. The Balaban J connectivity index is 1.76. The Hall–Kier alpha value is -0.570. The first-order chi connectivity index (χ1) is 6.77. The minimum absolute atomic E-state index is 0.694. The van der Waals surface area contributed by atoms with Crippen molar-refractivity contribution in [3.8, 4) is 0 Å². The Bertz CT molecular complexity index is 341. The average Bonchev–Trinajstić information content (AvgIpc) is 2.67. The molecular weight excluding hydrogens is 192 g/mol. The predicted molar refractivity (Wildman–Crippen MR) is 60.0 cm³/mol. The van der Waals surface area contributed by atoms with E-state index in [4.69, 9.17) is 0 Å². The Kier molecular flexibility index (Phi) is 1.84. The highest BCUT2D eigenvalue weighted by atomic mass is 32.1.